The maximum Gasteiger partial charge on any atom is 0.313 e. The van der Waals surface area contributed by atoms with Gasteiger partial charge in [0.25, 0.3) is 5.56 Å². The lowest BCUT2D eigenvalue weighted by Gasteiger charge is -2.40. The summed E-state index contributed by atoms with van der Waals surface area (Å²) < 4.78 is 15.9. The molecule has 8 heteroatoms. The molecule has 2 aromatic rings. The molecule has 3 N–H and O–H groups in total. The van der Waals surface area contributed by atoms with Crippen molar-refractivity contribution in [1.29, 1.82) is 0 Å². The fourth-order valence-corrected chi connectivity index (χ4v) is 3.89. The lowest BCUT2D eigenvalue weighted by molar-refractivity contribution is -0.158. The van der Waals surface area contributed by atoms with Gasteiger partial charge < -0.3 is 24.4 Å². The number of esters is 1. The number of nitrogens with one attached hydrogen (secondary N) is 2. The highest BCUT2D eigenvalue weighted by Crippen LogP contribution is 2.46. The number of rotatable bonds is 6. The van der Waals surface area contributed by atoms with E-state index in [9.17, 15) is 14.7 Å². The van der Waals surface area contributed by atoms with Gasteiger partial charge in [0.2, 0.25) is 0 Å². The summed E-state index contributed by atoms with van der Waals surface area (Å²) in [6.07, 6.45) is 1.56. The molecule has 0 saturated heterocycles. The third-order valence-electron chi connectivity index (χ3n) is 5.11. The molecule has 3 rings (SSSR count). The molecule has 1 aliphatic carbocycles. The highest BCUT2D eigenvalue weighted by atomic mass is 16.5. The number of H-pyrrole nitrogens is 2. The summed E-state index contributed by atoms with van der Waals surface area (Å²) in [6, 6.07) is 5.15. The molecule has 0 bridgehead atoms. The van der Waals surface area contributed by atoms with Crippen LogP contribution in [0.15, 0.2) is 35.6 Å². The third kappa shape index (κ3) is 3.31. The molecule has 3 atom stereocenters. The molecular formula is C20H24N2O6. The number of aromatic amines is 2. The van der Waals surface area contributed by atoms with Crippen molar-refractivity contribution in [2.75, 3.05) is 20.8 Å². The van der Waals surface area contributed by atoms with Crippen LogP contribution in [0.3, 0.4) is 0 Å². The molecule has 1 heterocycles. The number of carbonyl (C=O) groups excluding carboxylic acids is 1. The maximum absolute atomic E-state index is 12.9. The minimum atomic E-state index is -1.44. The van der Waals surface area contributed by atoms with E-state index in [4.69, 9.17) is 14.2 Å². The Kier molecular flexibility index (Phi) is 5.33. The Morgan fingerprint density at radius 1 is 1.32 bits per heavy atom. The molecule has 0 spiro atoms. The number of hydrogen-bond acceptors (Lipinski definition) is 6. The van der Waals surface area contributed by atoms with Crippen molar-refractivity contribution in [2.45, 2.75) is 24.9 Å². The molecule has 0 aliphatic heterocycles. The Bertz CT molecular complexity index is 942. The Morgan fingerprint density at radius 2 is 2.04 bits per heavy atom. The molecule has 1 aromatic heterocycles. The third-order valence-corrected chi connectivity index (χ3v) is 5.11. The zero-order valence-corrected chi connectivity index (χ0v) is 16.1. The predicted molar refractivity (Wildman–Crippen MR) is 102 cm³/mol. The minimum absolute atomic E-state index is 0.0143. The molecule has 8 nitrogen and oxygen atoms in total. The molecule has 1 aliphatic rings. The largest absolute Gasteiger partial charge is 0.493 e. The normalized spacial score (nSPS) is 23.6. The second-order valence-corrected chi connectivity index (χ2v) is 6.99. The molecule has 0 amide bonds. The van der Waals surface area contributed by atoms with E-state index in [2.05, 4.69) is 16.8 Å². The number of fused-ring (bicyclic) bond motifs is 1. The number of hydrogen-bond donors (Lipinski definition) is 3. The Hall–Kier alpha value is -3.00. The van der Waals surface area contributed by atoms with E-state index in [1.807, 2.05) is 0 Å². The topological polar surface area (TPSA) is 114 Å². The zero-order valence-electron chi connectivity index (χ0n) is 16.1. The first kappa shape index (κ1) is 19.8. The number of aliphatic hydroxyl groups is 1. The van der Waals surface area contributed by atoms with Crippen molar-refractivity contribution in [2.24, 2.45) is 5.92 Å². The van der Waals surface area contributed by atoms with Gasteiger partial charge in [0.1, 0.15) is 6.61 Å². The lowest BCUT2D eigenvalue weighted by Crippen LogP contribution is -2.50. The molecule has 28 heavy (non-hydrogen) atoms. The van der Waals surface area contributed by atoms with Gasteiger partial charge in [0, 0.05) is 23.6 Å². The molecule has 1 aromatic carbocycles. The molecule has 0 fully saturated rings. The molecule has 0 saturated carbocycles. The van der Waals surface area contributed by atoms with Crippen LogP contribution in [0.25, 0.3) is 0 Å². The lowest BCUT2D eigenvalue weighted by atomic mass is 9.66. The Balaban J connectivity index is 2.19. The van der Waals surface area contributed by atoms with E-state index in [0.717, 1.165) is 0 Å². The molecule has 0 radical (unpaired) electrons. The van der Waals surface area contributed by atoms with Crippen LogP contribution in [0.2, 0.25) is 0 Å². The number of methoxy groups -OCH3 is 2. The van der Waals surface area contributed by atoms with Crippen molar-refractivity contribution in [3.63, 3.8) is 0 Å². The summed E-state index contributed by atoms with van der Waals surface area (Å²) in [4.78, 5) is 25.4. The monoisotopic (exact) mass is 388 g/mol. The standard InChI is InChI=1S/C20H24N2O6/c1-5-8-28-19(24)17-15(11-6-7-13(26-3)14(9-11)27-4)16-12(10-20(17,2)25)21-22-18(16)23/h5-7,9,15,17,25H,1,8,10H2,2-4H3,(H2,21,22,23)/t15-,17+,20-/m0/s1. The van der Waals surface area contributed by atoms with Gasteiger partial charge in [-0.05, 0) is 24.6 Å². The summed E-state index contributed by atoms with van der Waals surface area (Å²) >= 11 is 0. The quantitative estimate of drug-likeness (QED) is 0.511. The van der Waals surface area contributed by atoms with E-state index >= 15 is 0 Å². The maximum atomic E-state index is 12.9. The van der Waals surface area contributed by atoms with E-state index < -0.39 is 23.4 Å². The first-order valence-electron chi connectivity index (χ1n) is 8.85. The van der Waals surface area contributed by atoms with Gasteiger partial charge in [-0.25, -0.2) is 0 Å². The number of carbonyl (C=O) groups is 1. The SMILES string of the molecule is C=CCOC(=O)[C@H]1[C@@H](c2ccc(OC)c(OC)c2)c2c([nH][nH]c2=O)C[C@]1(C)O. The van der Waals surface area contributed by atoms with Gasteiger partial charge in [0.15, 0.2) is 11.5 Å². The fourth-order valence-electron chi connectivity index (χ4n) is 3.89. The van der Waals surface area contributed by atoms with Crippen molar-refractivity contribution < 1.29 is 24.1 Å². The van der Waals surface area contributed by atoms with E-state index in [0.29, 0.717) is 28.3 Å². The predicted octanol–water partition coefficient (Wildman–Crippen LogP) is 1.50. The molecular weight excluding hydrogens is 364 g/mol. The van der Waals surface area contributed by atoms with Crippen LogP contribution < -0.4 is 15.0 Å². The Labute approximate surface area is 162 Å². The summed E-state index contributed by atoms with van der Waals surface area (Å²) in [5.74, 6) is -1.35. The van der Waals surface area contributed by atoms with Gasteiger partial charge in [-0.2, -0.15) is 0 Å². The van der Waals surface area contributed by atoms with E-state index in [1.54, 1.807) is 25.1 Å². The molecule has 0 unspecified atom stereocenters. The molecule has 150 valence electrons. The van der Waals surface area contributed by atoms with Crippen molar-refractivity contribution in [3.05, 3.63) is 58.0 Å². The van der Waals surface area contributed by atoms with Crippen LogP contribution >= 0.6 is 0 Å². The van der Waals surface area contributed by atoms with Crippen LogP contribution in [0.5, 0.6) is 11.5 Å². The van der Waals surface area contributed by atoms with Gasteiger partial charge in [-0.3, -0.25) is 14.7 Å². The highest BCUT2D eigenvalue weighted by molar-refractivity contribution is 5.77. The van der Waals surface area contributed by atoms with Crippen LogP contribution in [0, 0.1) is 5.92 Å². The smallest absolute Gasteiger partial charge is 0.313 e. The highest BCUT2D eigenvalue weighted by Gasteiger charge is 2.51. The van der Waals surface area contributed by atoms with Gasteiger partial charge >= 0.3 is 5.97 Å². The first-order valence-corrected chi connectivity index (χ1v) is 8.85. The number of aromatic nitrogens is 2. The van der Waals surface area contributed by atoms with E-state index in [-0.39, 0.29) is 18.6 Å². The van der Waals surface area contributed by atoms with Crippen molar-refractivity contribution >= 4 is 5.97 Å². The van der Waals surface area contributed by atoms with E-state index in [1.165, 1.54) is 20.3 Å². The minimum Gasteiger partial charge on any atom is -0.493 e. The number of benzene rings is 1. The second kappa shape index (κ2) is 7.55. The average molecular weight is 388 g/mol. The fraction of sp³-hybridized carbons (Fsp3) is 0.400. The summed E-state index contributed by atoms with van der Waals surface area (Å²) in [6.45, 7) is 5.12. The van der Waals surface area contributed by atoms with Crippen LogP contribution in [-0.4, -0.2) is 47.7 Å². The first-order chi connectivity index (χ1) is 13.3. The van der Waals surface area contributed by atoms with Crippen molar-refractivity contribution in [1.82, 2.24) is 10.2 Å². The van der Waals surface area contributed by atoms with Gasteiger partial charge in [-0.15, -0.1) is 0 Å². The summed E-state index contributed by atoms with van der Waals surface area (Å²) in [5.41, 5.74) is -0.188. The second-order valence-electron chi connectivity index (χ2n) is 6.99. The Morgan fingerprint density at radius 3 is 2.68 bits per heavy atom. The average Bonchev–Trinajstić information content (AvgIpc) is 3.03. The van der Waals surface area contributed by atoms with Crippen LogP contribution in [0.1, 0.15) is 29.7 Å². The van der Waals surface area contributed by atoms with Crippen LogP contribution in [-0.2, 0) is 16.0 Å². The number of ether oxygens (including phenoxy) is 3. The van der Waals surface area contributed by atoms with Crippen LogP contribution in [0.4, 0.5) is 0 Å². The summed E-state index contributed by atoms with van der Waals surface area (Å²) in [5, 5.41) is 16.5. The summed E-state index contributed by atoms with van der Waals surface area (Å²) in [7, 11) is 3.02. The zero-order chi connectivity index (χ0) is 20.5. The van der Waals surface area contributed by atoms with Crippen molar-refractivity contribution in [3.8, 4) is 11.5 Å². The van der Waals surface area contributed by atoms with Gasteiger partial charge in [-0.1, -0.05) is 18.7 Å². The van der Waals surface area contributed by atoms with Gasteiger partial charge in [0.05, 0.1) is 25.7 Å².